The average Bonchev–Trinajstić information content (AvgIpc) is 3.47. The molecular weight excluding hydrogens is 414 g/mol. The topological polar surface area (TPSA) is 78.8 Å². The molecule has 2 aromatic rings. The summed E-state index contributed by atoms with van der Waals surface area (Å²) in [6.45, 7) is 4.17. The lowest BCUT2D eigenvalue weighted by Crippen LogP contribution is -2.42. The number of likely N-dealkylation sites (tertiary alicyclic amines) is 2. The molecule has 1 aromatic heterocycles. The number of imidazole rings is 1. The zero-order valence-electron chi connectivity index (χ0n) is 18.7. The molecule has 4 rings (SSSR count). The zero-order chi connectivity index (χ0) is 22.2. The van der Waals surface area contributed by atoms with Crippen molar-refractivity contribution in [2.75, 3.05) is 40.3 Å². The normalized spacial score (nSPS) is 20.4. The van der Waals surface area contributed by atoms with E-state index >= 15 is 0 Å². The van der Waals surface area contributed by atoms with Gasteiger partial charge in [0.05, 0.1) is 15.9 Å². The second-order valence-corrected chi connectivity index (χ2v) is 11.1. The summed E-state index contributed by atoms with van der Waals surface area (Å²) < 4.78 is 28.0. The monoisotopic (exact) mass is 447 g/mol. The first-order valence-electron chi connectivity index (χ1n) is 11.2. The maximum Gasteiger partial charge on any atom is 0.242 e. The first-order chi connectivity index (χ1) is 14.8. The number of benzene rings is 1. The second-order valence-electron chi connectivity index (χ2n) is 8.92. The van der Waals surface area contributed by atoms with Crippen LogP contribution < -0.4 is 0 Å². The van der Waals surface area contributed by atoms with Gasteiger partial charge in [-0.25, -0.2) is 17.7 Å². The number of aryl methyl sites for hydroxylation is 2. The Morgan fingerprint density at radius 3 is 2.61 bits per heavy atom. The van der Waals surface area contributed by atoms with Gasteiger partial charge >= 0.3 is 0 Å². The quantitative estimate of drug-likeness (QED) is 0.647. The van der Waals surface area contributed by atoms with Crippen molar-refractivity contribution in [3.8, 4) is 0 Å². The Kier molecular flexibility index (Phi) is 6.37. The first-order valence-corrected chi connectivity index (χ1v) is 12.6. The number of nitrogens with zero attached hydrogens (tertiary/aromatic N) is 5. The zero-order valence-corrected chi connectivity index (χ0v) is 19.6. The number of fused-ring (bicyclic) bond motifs is 1. The molecule has 1 amide bonds. The van der Waals surface area contributed by atoms with Crippen molar-refractivity contribution in [2.24, 2.45) is 7.05 Å². The fourth-order valence-corrected chi connectivity index (χ4v) is 5.73. The summed E-state index contributed by atoms with van der Waals surface area (Å²) in [6.07, 6.45) is 5.69. The molecule has 0 bridgehead atoms. The van der Waals surface area contributed by atoms with Gasteiger partial charge in [0.25, 0.3) is 0 Å². The minimum Gasteiger partial charge on any atom is -0.338 e. The summed E-state index contributed by atoms with van der Waals surface area (Å²) >= 11 is 0. The molecule has 3 heterocycles. The Bertz CT molecular complexity index is 1060. The van der Waals surface area contributed by atoms with Gasteiger partial charge in [0.2, 0.25) is 15.9 Å². The van der Waals surface area contributed by atoms with Gasteiger partial charge in [0.15, 0.2) is 0 Å². The predicted octanol–water partition coefficient (Wildman–Crippen LogP) is 1.84. The minimum absolute atomic E-state index is 0.199. The molecule has 1 aromatic carbocycles. The van der Waals surface area contributed by atoms with Crippen LogP contribution in [0.3, 0.4) is 0 Å². The number of aromatic nitrogens is 2. The van der Waals surface area contributed by atoms with Crippen molar-refractivity contribution in [3.63, 3.8) is 0 Å². The summed E-state index contributed by atoms with van der Waals surface area (Å²) in [5.41, 5.74) is 1.51. The highest BCUT2D eigenvalue weighted by Crippen LogP contribution is 2.24. The third kappa shape index (κ3) is 4.49. The van der Waals surface area contributed by atoms with Crippen LogP contribution in [0.15, 0.2) is 23.1 Å². The van der Waals surface area contributed by atoms with E-state index in [0.29, 0.717) is 24.4 Å². The third-order valence-electron chi connectivity index (χ3n) is 6.65. The Morgan fingerprint density at radius 2 is 1.90 bits per heavy atom. The van der Waals surface area contributed by atoms with Crippen molar-refractivity contribution >= 4 is 27.0 Å². The number of rotatable bonds is 7. The Labute approximate surface area is 184 Å². The molecule has 0 spiro atoms. The first kappa shape index (κ1) is 22.2. The highest BCUT2D eigenvalue weighted by atomic mass is 32.2. The maximum absolute atomic E-state index is 13.0. The molecule has 0 radical (unpaired) electrons. The van der Waals surface area contributed by atoms with Crippen LogP contribution in [0.25, 0.3) is 11.0 Å². The van der Waals surface area contributed by atoms with E-state index in [1.54, 1.807) is 18.2 Å². The Morgan fingerprint density at radius 1 is 1.16 bits per heavy atom. The number of sulfonamides is 1. The van der Waals surface area contributed by atoms with E-state index in [1.165, 1.54) is 31.2 Å². The molecule has 0 N–H and O–H groups in total. The molecule has 0 saturated carbocycles. The SMILES string of the molecule is CN(C)S(=O)(=O)c1ccc2c(c1)nc(CCC(=O)N1CCCC1CN1CCCC1)n2C. The van der Waals surface area contributed by atoms with Crippen LogP contribution in [0, 0.1) is 0 Å². The van der Waals surface area contributed by atoms with Crippen molar-refractivity contribution in [1.29, 1.82) is 0 Å². The van der Waals surface area contributed by atoms with Crippen LogP contribution in [-0.2, 0) is 28.3 Å². The second kappa shape index (κ2) is 8.88. The highest BCUT2D eigenvalue weighted by Gasteiger charge is 2.30. The summed E-state index contributed by atoms with van der Waals surface area (Å²) in [4.78, 5) is 22.4. The molecule has 2 fully saturated rings. The van der Waals surface area contributed by atoms with E-state index in [4.69, 9.17) is 0 Å². The van der Waals surface area contributed by atoms with Crippen LogP contribution in [0.5, 0.6) is 0 Å². The van der Waals surface area contributed by atoms with Crippen LogP contribution in [0.1, 0.15) is 37.9 Å². The summed E-state index contributed by atoms with van der Waals surface area (Å²) in [6, 6.07) is 5.35. The summed E-state index contributed by atoms with van der Waals surface area (Å²) in [7, 11) is 1.45. The lowest BCUT2D eigenvalue weighted by atomic mass is 10.2. The van der Waals surface area contributed by atoms with Crippen LogP contribution in [0.4, 0.5) is 0 Å². The number of amides is 1. The molecule has 0 aliphatic carbocycles. The predicted molar refractivity (Wildman–Crippen MR) is 120 cm³/mol. The Hall–Kier alpha value is -1.97. The number of hydrogen-bond acceptors (Lipinski definition) is 5. The smallest absolute Gasteiger partial charge is 0.242 e. The van der Waals surface area contributed by atoms with Crippen LogP contribution >= 0.6 is 0 Å². The molecule has 31 heavy (non-hydrogen) atoms. The molecule has 2 aliphatic rings. The number of carbonyl (C=O) groups excluding carboxylic acids is 1. The van der Waals surface area contributed by atoms with Gasteiger partial charge in [0.1, 0.15) is 5.82 Å². The van der Waals surface area contributed by atoms with Crippen LogP contribution in [0.2, 0.25) is 0 Å². The van der Waals surface area contributed by atoms with E-state index in [1.807, 2.05) is 11.6 Å². The van der Waals surface area contributed by atoms with E-state index in [9.17, 15) is 13.2 Å². The number of hydrogen-bond donors (Lipinski definition) is 0. The minimum atomic E-state index is -3.51. The highest BCUT2D eigenvalue weighted by molar-refractivity contribution is 7.89. The van der Waals surface area contributed by atoms with E-state index in [0.717, 1.165) is 50.4 Å². The van der Waals surface area contributed by atoms with Gasteiger partial charge < -0.3 is 14.4 Å². The largest absolute Gasteiger partial charge is 0.338 e. The van der Waals surface area contributed by atoms with Gasteiger partial charge in [-0.15, -0.1) is 0 Å². The summed E-state index contributed by atoms with van der Waals surface area (Å²) in [5.74, 6) is 1.00. The van der Waals surface area contributed by atoms with E-state index < -0.39 is 10.0 Å². The summed E-state index contributed by atoms with van der Waals surface area (Å²) in [5, 5.41) is 0. The van der Waals surface area contributed by atoms with Crippen LogP contribution in [-0.4, -0.2) is 84.3 Å². The van der Waals surface area contributed by atoms with Gasteiger partial charge in [-0.3, -0.25) is 4.79 Å². The molecule has 1 unspecified atom stereocenters. The third-order valence-corrected chi connectivity index (χ3v) is 8.46. The lowest BCUT2D eigenvalue weighted by Gasteiger charge is -2.28. The van der Waals surface area contributed by atoms with Gasteiger partial charge in [-0.05, 0) is 57.0 Å². The van der Waals surface area contributed by atoms with Gasteiger partial charge in [0, 0.05) is 53.1 Å². The Balaban J connectivity index is 1.44. The molecular formula is C22H33N5O3S. The lowest BCUT2D eigenvalue weighted by molar-refractivity contribution is -0.132. The van der Waals surface area contributed by atoms with Crippen molar-refractivity contribution in [1.82, 2.24) is 23.7 Å². The molecule has 2 saturated heterocycles. The van der Waals surface area contributed by atoms with Crippen molar-refractivity contribution in [2.45, 2.75) is 49.5 Å². The molecule has 170 valence electrons. The molecule has 2 aliphatic heterocycles. The van der Waals surface area contributed by atoms with Crippen molar-refractivity contribution < 1.29 is 13.2 Å². The number of carbonyl (C=O) groups is 1. The fourth-order valence-electron chi connectivity index (χ4n) is 4.80. The fraction of sp³-hybridized carbons (Fsp3) is 0.636. The molecule has 9 heteroatoms. The maximum atomic E-state index is 13.0. The average molecular weight is 448 g/mol. The van der Waals surface area contributed by atoms with Gasteiger partial charge in [-0.1, -0.05) is 0 Å². The van der Waals surface area contributed by atoms with Gasteiger partial charge in [-0.2, -0.15) is 0 Å². The molecule has 8 nitrogen and oxygen atoms in total. The molecule has 1 atom stereocenters. The van der Waals surface area contributed by atoms with Crippen molar-refractivity contribution in [3.05, 3.63) is 24.0 Å². The standard InChI is InChI=1S/C22H33N5O3S/c1-24(2)31(29,30)18-8-9-20-19(15-18)23-21(25(20)3)10-11-22(28)27-14-6-7-17(27)16-26-12-4-5-13-26/h8-9,15,17H,4-7,10-14,16H2,1-3H3. The van der Waals surface area contributed by atoms with E-state index in [-0.39, 0.29) is 10.8 Å². The van der Waals surface area contributed by atoms with E-state index in [2.05, 4.69) is 14.8 Å².